The first kappa shape index (κ1) is 21.2. The zero-order chi connectivity index (χ0) is 19.6. The fourth-order valence-electron chi connectivity index (χ4n) is 3.05. The summed E-state index contributed by atoms with van der Waals surface area (Å²) in [6.45, 7) is 11.0. The molecule has 2 rings (SSSR count). The van der Waals surface area contributed by atoms with Gasteiger partial charge in [-0.1, -0.05) is 50.5 Å². The van der Waals surface area contributed by atoms with E-state index in [1.165, 1.54) is 24.0 Å². The predicted octanol–water partition coefficient (Wildman–Crippen LogP) is 5.31. The van der Waals surface area contributed by atoms with Crippen LogP contribution in [0.4, 0.5) is 0 Å². The summed E-state index contributed by atoms with van der Waals surface area (Å²) in [4.78, 5) is 14.6. The Balaban J connectivity index is 1.91. The molecule has 1 amide bonds. The van der Waals surface area contributed by atoms with E-state index in [2.05, 4.69) is 62.2 Å². The highest BCUT2D eigenvalue weighted by molar-refractivity contribution is 5.91. The quantitative estimate of drug-likeness (QED) is 0.545. The molecular weight excluding hydrogens is 336 g/mol. The molecule has 0 aliphatic heterocycles. The van der Waals surface area contributed by atoms with Crippen molar-refractivity contribution in [2.45, 2.75) is 72.5 Å². The molecule has 0 spiro atoms. The van der Waals surface area contributed by atoms with E-state index >= 15 is 0 Å². The number of carbonyl (C=O) groups is 1. The second-order valence-electron chi connectivity index (χ2n) is 7.51. The van der Waals surface area contributed by atoms with Crippen LogP contribution in [0.2, 0.25) is 0 Å². The minimum absolute atomic E-state index is 0.118. The number of carbonyl (C=O) groups excluding carboxylic acids is 1. The lowest BCUT2D eigenvalue weighted by Crippen LogP contribution is -2.30. The molecule has 1 aromatic carbocycles. The van der Waals surface area contributed by atoms with Crippen molar-refractivity contribution in [3.05, 3.63) is 59.0 Å². The van der Waals surface area contributed by atoms with Gasteiger partial charge >= 0.3 is 0 Å². The third-order valence-electron chi connectivity index (χ3n) is 4.93. The number of hydrogen-bond acceptors (Lipinski definition) is 3. The molecule has 0 unspecified atom stereocenters. The third-order valence-corrected chi connectivity index (χ3v) is 4.93. The van der Waals surface area contributed by atoms with Crippen LogP contribution in [-0.4, -0.2) is 23.4 Å². The van der Waals surface area contributed by atoms with Crippen molar-refractivity contribution >= 4 is 5.91 Å². The maximum absolute atomic E-state index is 12.2. The van der Waals surface area contributed by atoms with Gasteiger partial charge in [0.15, 0.2) is 5.76 Å². The van der Waals surface area contributed by atoms with Crippen LogP contribution in [0.15, 0.2) is 40.8 Å². The van der Waals surface area contributed by atoms with Gasteiger partial charge in [0.2, 0.25) is 0 Å². The molecule has 0 bridgehead atoms. The van der Waals surface area contributed by atoms with Gasteiger partial charge in [-0.15, -0.1) is 0 Å². The molecule has 0 aliphatic carbocycles. The molecule has 0 saturated heterocycles. The number of amides is 1. The second kappa shape index (κ2) is 10.9. The van der Waals surface area contributed by atoms with Crippen molar-refractivity contribution in [1.29, 1.82) is 0 Å². The number of nitrogens with one attached hydrogen (secondary N) is 1. The van der Waals surface area contributed by atoms with Crippen molar-refractivity contribution in [2.24, 2.45) is 0 Å². The number of hydrogen-bond donors (Lipinski definition) is 1. The Morgan fingerprint density at radius 3 is 2.56 bits per heavy atom. The molecular formula is C23H34N2O2. The van der Waals surface area contributed by atoms with Crippen LogP contribution in [0.5, 0.6) is 0 Å². The standard InChI is InChI=1S/C23H34N2O2/c1-5-6-7-10-15-24-23(26)22-14-13-21(27-22)17-25(18(2)3)16-20-12-9-8-11-19(20)4/h8-9,11-14,18H,5-7,10,15-17H2,1-4H3,(H,24,26). The van der Waals surface area contributed by atoms with Crippen LogP contribution in [0.25, 0.3) is 0 Å². The van der Waals surface area contributed by atoms with Gasteiger partial charge < -0.3 is 9.73 Å². The van der Waals surface area contributed by atoms with E-state index in [1.54, 1.807) is 6.07 Å². The van der Waals surface area contributed by atoms with Gasteiger partial charge in [0, 0.05) is 19.1 Å². The maximum Gasteiger partial charge on any atom is 0.286 e. The summed E-state index contributed by atoms with van der Waals surface area (Å²) in [6, 6.07) is 12.5. The van der Waals surface area contributed by atoms with E-state index < -0.39 is 0 Å². The lowest BCUT2D eigenvalue weighted by atomic mass is 10.1. The topological polar surface area (TPSA) is 45.5 Å². The van der Waals surface area contributed by atoms with E-state index in [9.17, 15) is 4.79 Å². The van der Waals surface area contributed by atoms with Crippen LogP contribution in [0.3, 0.4) is 0 Å². The number of furan rings is 1. The Morgan fingerprint density at radius 2 is 1.85 bits per heavy atom. The summed E-state index contributed by atoms with van der Waals surface area (Å²) < 4.78 is 5.82. The number of aryl methyl sites for hydroxylation is 1. The van der Waals surface area contributed by atoms with Gasteiger partial charge in [-0.05, 0) is 50.5 Å². The van der Waals surface area contributed by atoms with Crippen LogP contribution < -0.4 is 5.32 Å². The van der Waals surface area contributed by atoms with E-state index in [0.29, 0.717) is 24.9 Å². The van der Waals surface area contributed by atoms with Gasteiger partial charge in [-0.25, -0.2) is 0 Å². The van der Waals surface area contributed by atoms with E-state index in [4.69, 9.17) is 4.42 Å². The minimum atomic E-state index is -0.118. The molecule has 1 heterocycles. The summed E-state index contributed by atoms with van der Waals surface area (Å²) in [5.41, 5.74) is 2.62. The van der Waals surface area contributed by atoms with Crippen LogP contribution in [0, 0.1) is 6.92 Å². The molecule has 0 radical (unpaired) electrons. The van der Waals surface area contributed by atoms with Crippen LogP contribution >= 0.6 is 0 Å². The Kier molecular flexibility index (Phi) is 8.59. The van der Waals surface area contributed by atoms with Gasteiger partial charge in [-0.2, -0.15) is 0 Å². The number of nitrogens with zero attached hydrogens (tertiary/aromatic N) is 1. The normalized spacial score (nSPS) is 11.3. The summed E-state index contributed by atoms with van der Waals surface area (Å²) in [7, 11) is 0. The molecule has 4 nitrogen and oxygen atoms in total. The van der Waals surface area contributed by atoms with Crippen molar-refractivity contribution in [3.63, 3.8) is 0 Å². The first-order valence-corrected chi connectivity index (χ1v) is 10.2. The first-order chi connectivity index (χ1) is 13.0. The van der Waals surface area contributed by atoms with Crippen LogP contribution in [-0.2, 0) is 13.1 Å². The molecule has 148 valence electrons. The average Bonchev–Trinajstić information content (AvgIpc) is 3.11. The zero-order valence-electron chi connectivity index (χ0n) is 17.3. The fourth-order valence-corrected chi connectivity index (χ4v) is 3.05. The third kappa shape index (κ3) is 6.87. The summed E-state index contributed by atoms with van der Waals surface area (Å²) >= 11 is 0. The SMILES string of the molecule is CCCCCCNC(=O)c1ccc(CN(Cc2ccccc2C)C(C)C)o1. The second-order valence-corrected chi connectivity index (χ2v) is 7.51. The first-order valence-electron chi connectivity index (χ1n) is 10.2. The molecule has 0 atom stereocenters. The predicted molar refractivity (Wildman–Crippen MR) is 111 cm³/mol. The van der Waals surface area contributed by atoms with Crippen molar-refractivity contribution in [1.82, 2.24) is 10.2 Å². The maximum atomic E-state index is 12.2. The van der Waals surface area contributed by atoms with Crippen molar-refractivity contribution < 1.29 is 9.21 Å². The molecule has 2 aromatic rings. The number of unbranched alkanes of at least 4 members (excludes halogenated alkanes) is 3. The van der Waals surface area contributed by atoms with Gasteiger partial charge in [0.05, 0.1) is 6.54 Å². The molecule has 27 heavy (non-hydrogen) atoms. The Labute approximate surface area is 163 Å². The van der Waals surface area contributed by atoms with E-state index in [1.807, 2.05) is 6.07 Å². The fraction of sp³-hybridized carbons (Fsp3) is 0.522. The molecule has 0 saturated carbocycles. The molecule has 0 fully saturated rings. The highest BCUT2D eigenvalue weighted by Crippen LogP contribution is 2.17. The molecule has 1 N–H and O–H groups in total. The van der Waals surface area contributed by atoms with E-state index in [-0.39, 0.29) is 5.91 Å². The Morgan fingerprint density at radius 1 is 1.07 bits per heavy atom. The zero-order valence-corrected chi connectivity index (χ0v) is 17.3. The van der Waals surface area contributed by atoms with Gasteiger partial charge in [0.25, 0.3) is 5.91 Å². The molecule has 4 heteroatoms. The van der Waals surface area contributed by atoms with E-state index in [0.717, 1.165) is 25.1 Å². The lowest BCUT2D eigenvalue weighted by molar-refractivity contribution is 0.0920. The summed E-state index contributed by atoms with van der Waals surface area (Å²) in [6.07, 6.45) is 4.59. The van der Waals surface area contributed by atoms with Gasteiger partial charge in [-0.3, -0.25) is 9.69 Å². The van der Waals surface area contributed by atoms with Crippen LogP contribution in [0.1, 0.15) is 73.9 Å². The summed E-state index contributed by atoms with van der Waals surface area (Å²) in [5, 5.41) is 2.95. The Hall–Kier alpha value is -2.07. The van der Waals surface area contributed by atoms with Gasteiger partial charge in [0.1, 0.15) is 5.76 Å². The lowest BCUT2D eigenvalue weighted by Gasteiger charge is -2.26. The number of benzene rings is 1. The molecule has 1 aromatic heterocycles. The highest BCUT2D eigenvalue weighted by Gasteiger charge is 2.16. The van der Waals surface area contributed by atoms with Crippen molar-refractivity contribution in [3.8, 4) is 0 Å². The smallest absolute Gasteiger partial charge is 0.286 e. The average molecular weight is 371 g/mol. The van der Waals surface area contributed by atoms with Crippen molar-refractivity contribution in [2.75, 3.05) is 6.54 Å². The Bertz CT molecular complexity index is 706. The largest absolute Gasteiger partial charge is 0.455 e. The summed E-state index contributed by atoms with van der Waals surface area (Å²) in [5.74, 6) is 1.11. The highest BCUT2D eigenvalue weighted by atomic mass is 16.4. The molecule has 0 aliphatic rings. The number of rotatable bonds is 11. The minimum Gasteiger partial charge on any atom is -0.455 e. The monoisotopic (exact) mass is 370 g/mol.